The summed E-state index contributed by atoms with van der Waals surface area (Å²) >= 11 is 0. The largest absolute Gasteiger partial charge is 0.494 e. The molecule has 0 spiro atoms. The van der Waals surface area contributed by atoms with Crippen LogP contribution in [0.5, 0.6) is 5.75 Å². The van der Waals surface area contributed by atoms with Crippen molar-refractivity contribution < 1.29 is 13.2 Å². The van der Waals surface area contributed by atoms with Crippen LogP contribution in [0.15, 0.2) is 18.2 Å². The number of aryl methyl sites for hydroxylation is 1. The molecule has 1 rings (SSSR count). The van der Waals surface area contributed by atoms with Gasteiger partial charge in [0.05, 0.1) is 12.4 Å². The van der Waals surface area contributed by atoms with Gasteiger partial charge < -0.3 is 4.74 Å². The standard InChI is InChI=1S/C16H27NO3S/c1-12(2)16-6-5-15(11-14(16)4)20-9-7-13(3)8-10-21(17,18)19/h5-6,11-13H,7-10H2,1-4H3,(H2,17,18,19). The fraction of sp³-hybridized carbons (Fsp3) is 0.625. The average Bonchev–Trinajstić information content (AvgIpc) is 2.35. The van der Waals surface area contributed by atoms with Crippen LogP contribution in [-0.2, 0) is 10.0 Å². The summed E-state index contributed by atoms with van der Waals surface area (Å²) in [6.07, 6.45) is 1.40. The molecule has 0 aliphatic carbocycles. The summed E-state index contributed by atoms with van der Waals surface area (Å²) in [4.78, 5) is 0. The predicted molar refractivity (Wildman–Crippen MR) is 87.1 cm³/mol. The number of ether oxygens (including phenoxy) is 1. The molecule has 0 saturated heterocycles. The fourth-order valence-corrected chi connectivity index (χ4v) is 3.00. The van der Waals surface area contributed by atoms with E-state index in [0.717, 1.165) is 12.2 Å². The van der Waals surface area contributed by atoms with Crippen LogP contribution in [0.25, 0.3) is 0 Å². The Morgan fingerprint density at radius 3 is 2.38 bits per heavy atom. The lowest BCUT2D eigenvalue weighted by atomic mass is 9.98. The number of nitrogens with two attached hydrogens (primary N) is 1. The number of benzene rings is 1. The van der Waals surface area contributed by atoms with E-state index in [1.165, 1.54) is 11.1 Å². The van der Waals surface area contributed by atoms with Crippen LogP contribution in [0.1, 0.15) is 50.7 Å². The molecule has 4 nitrogen and oxygen atoms in total. The van der Waals surface area contributed by atoms with Gasteiger partial charge in [0.2, 0.25) is 10.0 Å². The smallest absolute Gasteiger partial charge is 0.209 e. The third kappa shape index (κ3) is 6.96. The molecule has 0 bridgehead atoms. The van der Waals surface area contributed by atoms with E-state index >= 15 is 0 Å². The number of primary sulfonamides is 1. The Labute approximate surface area is 128 Å². The molecule has 120 valence electrons. The van der Waals surface area contributed by atoms with Gasteiger partial charge in [0.25, 0.3) is 0 Å². The molecule has 1 aromatic carbocycles. The Bertz CT molecular complexity index is 553. The highest BCUT2D eigenvalue weighted by Gasteiger charge is 2.09. The van der Waals surface area contributed by atoms with E-state index < -0.39 is 10.0 Å². The predicted octanol–water partition coefficient (Wildman–Crippen LogP) is 3.20. The third-order valence-electron chi connectivity index (χ3n) is 3.64. The van der Waals surface area contributed by atoms with Crippen LogP contribution >= 0.6 is 0 Å². The zero-order valence-corrected chi connectivity index (χ0v) is 14.2. The first-order valence-corrected chi connectivity index (χ1v) is 9.14. The van der Waals surface area contributed by atoms with Gasteiger partial charge in [-0.3, -0.25) is 0 Å². The Kier molecular flexibility index (Phi) is 6.68. The summed E-state index contributed by atoms with van der Waals surface area (Å²) in [6, 6.07) is 6.17. The molecule has 5 heteroatoms. The van der Waals surface area contributed by atoms with E-state index in [4.69, 9.17) is 9.88 Å². The monoisotopic (exact) mass is 313 g/mol. The maximum Gasteiger partial charge on any atom is 0.209 e. The highest BCUT2D eigenvalue weighted by molar-refractivity contribution is 7.89. The first kappa shape index (κ1) is 18.0. The fourth-order valence-electron chi connectivity index (χ4n) is 2.27. The highest BCUT2D eigenvalue weighted by Crippen LogP contribution is 2.23. The summed E-state index contributed by atoms with van der Waals surface area (Å²) in [7, 11) is -3.36. The summed E-state index contributed by atoms with van der Waals surface area (Å²) in [5, 5.41) is 5.00. The summed E-state index contributed by atoms with van der Waals surface area (Å²) in [5.74, 6) is 1.70. The van der Waals surface area contributed by atoms with E-state index in [0.29, 0.717) is 18.9 Å². The molecular formula is C16H27NO3S. The maximum absolute atomic E-state index is 10.9. The molecule has 0 aromatic heterocycles. The van der Waals surface area contributed by atoms with Gasteiger partial charge in [0.15, 0.2) is 0 Å². The molecule has 0 amide bonds. The minimum atomic E-state index is -3.36. The maximum atomic E-state index is 10.9. The van der Waals surface area contributed by atoms with Gasteiger partial charge in [-0.15, -0.1) is 0 Å². The lowest BCUT2D eigenvalue weighted by molar-refractivity contribution is 0.281. The van der Waals surface area contributed by atoms with Crippen LogP contribution < -0.4 is 9.88 Å². The van der Waals surface area contributed by atoms with Crippen molar-refractivity contribution in [2.24, 2.45) is 11.1 Å². The summed E-state index contributed by atoms with van der Waals surface area (Å²) in [5.41, 5.74) is 2.58. The number of rotatable bonds is 8. The van der Waals surface area contributed by atoms with Gasteiger partial charge in [0, 0.05) is 0 Å². The van der Waals surface area contributed by atoms with Crippen LogP contribution in [0.4, 0.5) is 0 Å². The average molecular weight is 313 g/mol. The van der Waals surface area contributed by atoms with Crippen molar-refractivity contribution >= 4 is 10.0 Å². The zero-order valence-electron chi connectivity index (χ0n) is 13.4. The molecule has 0 aliphatic heterocycles. The second kappa shape index (κ2) is 7.80. The van der Waals surface area contributed by atoms with Crippen LogP contribution in [0.3, 0.4) is 0 Å². The molecule has 0 aliphatic rings. The SMILES string of the molecule is Cc1cc(OCCC(C)CCS(N)(=O)=O)ccc1C(C)C. The van der Waals surface area contributed by atoms with Crippen LogP contribution in [-0.4, -0.2) is 20.8 Å². The molecule has 2 N–H and O–H groups in total. The van der Waals surface area contributed by atoms with Crippen LogP contribution in [0, 0.1) is 12.8 Å². The Morgan fingerprint density at radius 2 is 1.86 bits per heavy atom. The van der Waals surface area contributed by atoms with Gasteiger partial charge in [-0.2, -0.15) is 0 Å². The number of hydrogen-bond acceptors (Lipinski definition) is 3. The molecule has 0 fully saturated rings. The van der Waals surface area contributed by atoms with Crippen molar-refractivity contribution in [1.29, 1.82) is 0 Å². The van der Waals surface area contributed by atoms with E-state index in [2.05, 4.69) is 32.9 Å². The Morgan fingerprint density at radius 1 is 1.19 bits per heavy atom. The minimum Gasteiger partial charge on any atom is -0.494 e. The topological polar surface area (TPSA) is 69.4 Å². The lowest BCUT2D eigenvalue weighted by Crippen LogP contribution is -2.18. The number of sulfonamides is 1. The van der Waals surface area contributed by atoms with E-state index in [9.17, 15) is 8.42 Å². The molecule has 0 radical (unpaired) electrons. The first-order chi connectivity index (χ1) is 9.69. The summed E-state index contributed by atoms with van der Waals surface area (Å²) in [6.45, 7) is 9.05. The van der Waals surface area contributed by atoms with E-state index in [1.807, 2.05) is 13.0 Å². The van der Waals surface area contributed by atoms with Crippen molar-refractivity contribution in [2.75, 3.05) is 12.4 Å². The highest BCUT2D eigenvalue weighted by atomic mass is 32.2. The van der Waals surface area contributed by atoms with Crippen molar-refractivity contribution in [3.8, 4) is 5.75 Å². The molecule has 0 heterocycles. The molecule has 1 unspecified atom stereocenters. The first-order valence-electron chi connectivity index (χ1n) is 7.43. The Hall–Kier alpha value is -1.07. The van der Waals surface area contributed by atoms with Gasteiger partial charge in [-0.1, -0.05) is 26.8 Å². The lowest BCUT2D eigenvalue weighted by Gasteiger charge is -2.14. The third-order valence-corrected chi connectivity index (χ3v) is 4.44. The Balaban J connectivity index is 2.40. The molecular weight excluding hydrogens is 286 g/mol. The normalized spacial score (nSPS) is 13.4. The van der Waals surface area contributed by atoms with Gasteiger partial charge in [-0.05, 0) is 54.9 Å². The summed E-state index contributed by atoms with van der Waals surface area (Å²) < 4.78 is 27.5. The van der Waals surface area contributed by atoms with Gasteiger partial charge in [0.1, 0.15) is 5.75 Å². The van der Waals surface area contributed by atoms with E-state index in [1.54, 1.807) is 0 Å². The quantitative estimate of drug-likeness (QED) is 0.801. The second-order valence-electron chi connectivity index (χ2n) is 6.07. The van der Waals surface area contributed by atoms with Crippen molar-refractivity contribution in [3.63, 3.8) is 0 Å². The molecule has 0 saturated carbocycles. The zero-order chi connectivity index (χ0) is 16.0. The molecule has 1 atom stereocenters. The second-order valence-corrected chi connectivity index (χ2v) is 7.81. The van der Waals surface area contributed by atoms with Crippen molar-refractivity contribution in [3.05, 3.63) is 29.3 Å². The molecule has 21 heavy (non-hydrogen) atoms. The van der Waals surface area contributed by atoms with Crippen LogP contribution in [0.2, 0.25) is 0 Å². The minimum absolute atomic E-state index is 0.0381. The van der Waals surface area contributed by atoms with E-state index in [-0.39, 0.29) is 11.7 Å². The number of hydrogen-bond donors (Lipinski definition) is 1. The van der Waals surface area contributed by atoms with Crippen molar-refractivity contribution in [2.45, 2.75) is 46.5 Å². The van der Waals surface area contributed by atoms with Gasteiger partial charge in [-0.25, -0.2) is 13.6 Å². The molecule has 1 aromatic rings. The van der Waals surface area contributed by atoms with Gasteiger partial charge >= 0.3 is 0 Å². The van der Waals surface area contributed by atoms with Crippen molar-refractivity contribution in [1.82, 2.24) is 0 Å².